The van der Waals surface area contributed by atoms with Gasteiger partial charge in [-0.2, -0.15) is 5.10 Å². The fourth-order valence-corrected chi connectivity index (χ4v) is 2.77. The maximum Gasteiger partial charge on any atom is 0.227 e. The Hall–Kier alpha value is -2.90. The molecule has 0 atom stereocenters. The molecule has 0 aliphatic heterocycles. The third kappa shape index (κ3) is 7.38. The van der Waals surface area contributed by atoms with Crippen LogP contribution in [0.15, 0.2) is 29.3 Å². The lowest BCUT2D eigenvalue weighted by Crippen LogP contribution is -2.38. The fourth-order valence-electron chi connectivity index (χ4n) is 2.77. The first-order chi connectivity index (χ1) is 13.5. The second-order valence-electron chi connectivity index (χ2n) is 6.65. The summed E-state index contributed by atoms with van der Waals surface area (Å²) in [6.07, 6.45) is 1.24. The number of aryl methyl sites for hydroxylation is 4. The number of anilines is 1. The summed E-state index contributed by atoms with van der Waals surface area (Å²) < 4.78 is 2.01. The summed E-state index contributed by atoms with van der Waals surface area (Å²) in [5, 5.41) is 13.7. The van der Waals surface area contributed by atoms with E-state index in [4.69, 9.17) is 0 Å². The normalized spacial score (nSPS) is 11.4. The highest BCUT2D eigenvalue weighted by Crippen LogP contribution is 2.04. The van der Waals surface area contributed by atoms with Crippen LogP contribution >= 0.6 is 0 Å². The first-order valence-corrected chi connectivity index (χ1v) is 9.74. The van der Waals surface area contributed by atoms with Crippen LogP contribution in [0.3, 0.4) is 0 Å². The highest BCUT2D eigenvalue weighted by molar-refractivity contribution is 5.90. The summed E-state index contributed by atoms with van der Waals surface area (Å²) in [5.41, 5.74) is 3.08. The van der Waals surface area contributed by atoms with E-state index in [-0.39, 0.29) is 5.91 Å². The number of pyridine rings is 1. The molecule has 8 nitrogen and oxygen atoms in total. The number of amides is 1. The summed E-state index contributed by atoms with van der Waals surface area (Å²) >= 11 is 0. The van der Waals surface area contributed by atoms with Crippen LogP contribution in [0.25, 0.3) is 0 Å². The molecule has 0 spiro atoms. The predicted octanol–water partition coefficient (Wildman–Crippen LogP) is 2.18. The minimum Gasteiger partial charge on any atom is -0.357 e. The van der Waals surface area contributed by atoms with E-state index < -0.39 is 0 Å². The Morgan fingerprint density at radius 2 is 2.00 bits per heavy atom. The molecule has 2 heterocycles. The van der Waals surface area contributed by atoms with Crippen LogP contribution in [-0.2, 0) is 11.3 Å². The van der Waals surface area contributed by atoms with E-state index in [0.717, 1.165) is 36.9 Å². The summed E-state index contributed by atoms with van der Waals surface area (Å²) in [7, 11) is 0. The van der Waals surface area contributed by atoms with Crippen molar-refractivity contribution >= 4 is 17.7 Å². The Morgan fingerprint density at radius 1 is 1.18 bits per heavy atom. The number of hydrogen-bond acceptors (Lipinski definition) is 4. The third-order valence-electron chi connectivity index (χ3n) is 4.05. The lowest BCUT2D eigenvalue weighted by molar-refractivity contribution is -0.116. The Kier molecular flexibility index (Phi) is 8.45. The smallest absolute Gasteiger partial charge is 0.227 e. The van der Waals surface area contributed by atoms with Crippen molar-refractivity contribution in [3.8, 4) is 0 Å². The average Bonchev–Trinajstić information content (AvgIpc) is 2.96. The molecule has 0 saturated heterocycles. The van der Waals surface area contributed by atoms with Crippen molar-refractivity contribution in [2.24, 2.45) is 4.99 Å². The average molecular weight is 386 g/mol. The van der Waals surface area contributed by atoms with Gasteiger partial charge in [-0.1, -0.05) is 6.07 Å². The molecular formula is C20H31N7O. The van der Waals surface area contributed by atoms with Crippen molar-refractivity contribution in [1.82, 2.24) is 25.4 Å². The van der Waals surface area contributed by atoms with Gasteiger partial charge in [-0.3, -0.25) is 14.5 Å². The van der Waals surface area contributed by atoms with Crippen molar-refractivity contribution in [3.63, 3.8) is 0 Å². The third-order valence-corrected chi connectivity index (χ3v) is 4.05. The van der Waals surface area contributed by atoms with Crippen molar-refractivity contribution in [1.29, 1.82) is 0 Å². The number of rotatable bonds is 9. The first-order valence-electron chi connectivity index (χ1n) is 9.74. The maximum absolute atomic E-state index is 12.1. The molecule has 28 heavy (non-hydrogen) atoms. The molecule has 152 valence electrons. The van der Waals surface area contributed by atoms with Gasteiger partial charge in [-0.05, 0) is 52.3 Å². The zero-order chi connectivity index (χ0) is 20.4. The van der Waals surface area contributed by atoms with Gasteiger partial charge in [0, 0.05) is 44.0 Å². The summed E-state index contributed by atoms with van der Waals surface area (Å²) in [5.74, 6) is 1.22. The molecule has 0 saturated carbocycles. The standard InChI is InChI=1S/C20H31N7O/c1-5-21-20(22-11-7-13-27-17(4)14-16(3)26-27)23-12-10-19(28)25-18-9-6-8-15(2)24-18/h6,8-9,14H,5,7,10-13H2,1-4H3,(H2,21,22,23)(H,24,25,28). The molecule has 3 N–H and O–H groups in total. The molecule has 2 aromatic rings. The zero-order valence-corrected chi connectivity index (χ0v) is 17.2. The molecule has 1 amide bonds. The summed E-state index contributed by atoms with van der Waals surface area (Å²) in [6, 6.07) is 7.63. The van der Waals surface area contributed by atoms with E-state index in [9.17, 15) is 4.79 Å². The molecule has 0 aliphatic carbocycles. The number of nitrogens with one attached hydrogen (secondary N) is 3. The number of aliphatic imine (C=N–C) groups is 1. The fraction of sp³-hybridized carbons (Fsp3) is 0.500. The molecule has 2 aromatic heterocycles. The van der Waals surface area contributed by atoms with Gasteiger partial charge in [0.05, 0.1) is 5.69 Å². The SMILES string of the molecule is CCNC(=NCCCn1nc(C)cc1C)NCCC(=O)Nc1cccc(C)n1. The van der Waals surface area contributed by atoms with E-state index in [2.05, 4.69) is 44.0 Å². The molecular weight excluding hydrogens is 354 g/mol. The number of nitrogens with zero attached hydrogens (tertiary/aromatic N) is 4. The van der Waals surface area contributed by atoms with Gasteiger partial charge in [0.25, 0.3) is 0 Å². The first kappa shape index (κ1) is 21.4. The molecule has 0 bridgehead atoms. The van der Waals surface area contributed by atoms with Gasteiger partial charge in [-0.25, -0.2) is 4.98 Å². The van der Waals surface area contributed by atoms with Gasteiger partial charge in [0.1, 0.15) is 5.82 Å². The topological polar surface area (TPSA) is 96.2 Å². The second kappa shape index (κ2) is 11.1. The minimum atomic E-state index is -0.0778. The van der Waals surface area contributed by atoms with Gasteiger partial charge < -0.3 is 16.0 Å². The molecule has 0 aliphatic rings. The Morgan fingerprint density at radius 3 is 2.68 bits per heavy atom. The van der Waals surface area contributed by atoms with Crippen LogP contribution < -0.4 is 16.0 Å². The largest absolute Gasteiger partial charge is 0.357 e. The monoisotopic (exact) mass is 385 g/mol. The minimum absolute atomic E-state index is 0.0778. The summed E-state index contributed by atoms with van der Waals surface area (Å²) in [6.45, 7) is 10.8. The number of carbonyl (C=O) groups is 1. The van der Waals surface area contributed by atoms with Crippen molar-refractivity contribution < 1.29 is 4.79 Å². The Bertz CT molecular complexity index is 798. The van der Waals surface area contributed by atoms with Gasteiger partial charge in [-0.15, -0.1) is 0 Å². The Labute approximate surface area is 166 Å². The number of aromatic nitrogens is 3. The van der Waals surface area contributed by atoms with E-state index >= 15 is 0 Å². The van der Waals surface area contributed by atoms with Crippen LogP contribution in [0, 0.1) is 20.8 Å². The quantitative estimate of drug-likeness (QED) is 0.349. The molecule has 0 unspecified atom stereocenters. The van der Waals surface area contributed by atoms with Crippen molar-refractivity contribution in [3.05, 3.63) is 41.3 Å². The van der Waals surface area contributed by atoms with Gasteiger partial charge in [0.2, 0.25) is 5.91 Å². The second-order valence-corrected chi connectivity index (χ2v) is 6.65. The van der Waals surface area contributed by atoms with Crippen LogP contribution in [0.4, 0.5) is 5.82 Å². The molecule has 0 aromatic carbocycles. The van der Waals surface area contributed by atoms with Crippen molar-refractivity contribution in [2.75, 3.05) is 25.0 Å². The summed E-state index contributed by atoms with van der Waals surface area (Å²) in [4.78, 5) is 20.9. The number of hydrogen-bond donors (Lipinski definition) is 3. The van der Waals surface area contributed by atoms with Gasteiger partial charge in [0.15, 0.2) is 5.96 Å². The van der Waals surface area contributed by atoms with E-state index in [1.165, 1.54) is 5.69 Å². The molecule has 2 rings (SSSR count). The van der Waals surface area contributed by atoms with Gasteiger partial charge >= 0.3 is 0 Å². The molecule has 0 radical (unpaired) electrons. The zero-order valence-electron chi connectivity index (χ0n) is 17.2. The van der Waals surface area contributed by atoms with Crippen LogP contribution in [-0.4, -0.2) is 46.3 Å². The van der Waals surface area contributed by atoms with Crippen LogP contribution in [0.5, 0.6) is 0 Å². The lowest BCUT2D eigenvalue weighted by atomic mass is 10.3. The van der Waals surface area contributed by atoms with Crippen molar-refractivity contribution in [2.45, 2.75) is 47.1 Å². The maximum atomic E-state index is 12.1. The Balaban J connectivity index is 1.72. The number of guanidine groups is 1. The van der Waals surface area contributed by atoms with E-state index in [1.54, 1.807) is 6.07 Å². The number of carbonyl (C=O) groups excluding carboxylic acids is 1. The molecule has 8 heteroatoms. The van der Waals surface area contributed by atoms with E-state index in [1.807, 2.05) is 37.6 Å². The lowest BCUT2D eigenvalue weighted by Gasteiger charge is -2.11. The van der Waals surface area contributed by atoms with Crippen LogP contribution in [0.1, 0.15) is 36.8 Å². The predicted molar refractivity (Wildman–Crippen MR) is 113 cm³/mol. The van der Waals surface area contributed by atoms with Crippen LogP contribution in [0.2, 0.25) is 0 Å². The highest BCUT2D eigenvalue weighted by Gasteiger charge is 2.05. The molecule has 0 fully saturated rings. The van der Waals surface area contributed by atoms with E-state index in [0.29, 0.717) is 25.3 Å². The highest BCUT2D eigenvalue weighted by atomic mass is 16.1.